The fourth-order valence-corrected chi connectivity index (χ4v) is 2.47. The molecule has 0 fully saturated rings. The average molecular weight is 268 g/mol. The molecule has 106 valence electrons. The first kappa shape index (κ1) is 14.7. The zero-order chi connectivity index (χ0) is 14.2. The van der Waals surface area contributed by atoms with Gasteiger partial charge in [-0.1, -0.05) is 56.2 Å². The predicted molar refractivity (Wildman–Crippen MR) is 84.5 cm³/mol. The van der Waals surface area contributed by atoms with Crippen molar-refractivity contribution in [3.05, 3.63) is 66.0 Å². The zero-order valence-electron chi connectivity index (χ0n) is 12.4. The second-order valence-corrected chi connectivity index (χ2v) is 5.28. The maximum absolute atomic E-state index is 4.21. The Morgan fingerprint density at radius 2 is 1.80 bits per heavy atom. The van der Waals surface area contributed by atoms with E-state index in [1.165, 1.54) is 30.4 Å². The minimum atomic E-state index is 0.311. The lowest BCUT2D eigenvalue weighted by Gasteiger charge is -2.24. The molecule has 1 N–H and O–H groups in total. The van der Waals surface area contributed by atoms with Crippen LogP contribution in [0, 0.1) is 0 Å². The fourth-order valence-electron chi connectivity index (χ4n) is 2.47. The lowest BCUT2D eigenvalue weighted by molar-refractivity contribution is 0.431. The number of nitrogens with one attached hydrogen (secondary N) is 1. The minimum absolute atomic E-state index is 0.311. The van der Waals surface area contributed by atoms with Gasteiger partial charge in [0.15, 0.2) is 0 Å². The molecule has 0 amide bonds. The molecule has 2 aromatic rings. The molecule has 1 heterocycles. The summed E-state index contributed by atoms with van der Waals surface area (Å²) in [6.07, 6.45) is 7.41. The van der Waals surface area contributed by atoms with E-state index in [4.69, 9.17) is 0 Å². The van der Waals surface area contributed by atoms with Crippen LogP contribution in [0.25, 0.3) is 0 Å². The highest BCUT2D eigenvalue weighted by Gasteiger charge is 2.14. The lowest BCUT2D eigenvalue weighted by Crippen LogP contribution is -2.24. The summed E-state index contributed by atoms with van der Waals surface area (Å²) in [5, 5.41) is 3.74. The molecular formula is C18H24N2. The standard InChI is InChI=1S/C18H24N2/c1-3-4-12-18(16-9-6-5-7-10-16)20-15(2)17-11-8-13-19-14-17/h5-11,13-15,18,20H,3-4,12H2,1-2H3/t15-,18?/m1/s1. The monoisotopic (exact) mass is 268 g/mol. The second-order valence-electron chi connectivity index (χ2n) is 5.28. The highest BCUT2D eigenvalue weighted by Crippen LogP contribution is 2.23. The van der Waals surface area contributed by atoms with E-state index in [1.54, 1.807) is 0 Å². The van der Waals surface area contributed by atoms with Gasteiger partial charge in [0.2, 0.25) is 0 Å². The number of hydrogen-bond acceptors (Lipinski definition) is 2. The third-order valence-corrected chi connectivity index (χ3v) is 3.68. The predicted octanol–water partition coefficient (Wildman–Crippen LogP) is 4.66. The molecule has 0 aliphatic rings. The molecule has 0 spiro atoms. The van der Waals surface area contributed by atoms with Gasteiger partial charge in [0, 0.05) is 24.5 Å². The molecule has 2 heteroatoms. The average Bonchev–Trinajstić information content (AvgIpc) is 2.53. The summed E-state index contributed by atoms with van der Waals surface area (Å²) in [4.78, 5) is 4.21. The van der Waals surface area contributed by atoms with Crippen LogP contribution in [0.4, 0.5) is 0 Å². The van der Waals surface area contributed by atoms with Crippen LogP contribution in [0.2, 0.25) is 0 Å². The van der Waals surface area contributed by atoms with Crippen LogP contribution in [0.3, 0.4) is 0 Å². The van der Waals surface area contributed by atoms with Crippen molar-refractivity contribution in [1.82, 2.24) is 10.3 Å². The number of pyridine rings is 1. The van der Waals surface area contributed by atoms with Gasteiger partial charge < -0.3 is 5.32 Å². The van der Waals surface area contributed by atoms with Crippen molar-refractivity contribution in [1.29, 1.82) is 0 Å². The highest BCUT2D eigenvalue weighted by atomic mass is 14.9. The lowest BCUT2D eigenvalue weighted by atomic mass is 9.99. The summed E-state index contributed by atoms with van der Waals surface area (Å²) in [6, 6.07) is 15.6. The topological polar surface area (TPSA) is 24.9 Å². The Kier molecular flexibility index (Phi) is 5.75. The Labute approximate surface area is 122 Å². The van der Waals surface area contributed by atoms with Gasteiger partial charge in [-0.15, -0.1) is 0 Å². The summed E-state index contributed by atoms with van der Waals surface area (Å²) in [5.74, 6) is 0. The molecule has 1 aromatic heterocycles. The minimum Gasteiger partial charge on any atom is -0.303 e. The number of nitrogens with zero attached hydrogens (tertiary/aromatic N) is 1. The molecule has 0 saturated heterocycles. The molecule has 0 aliphatic heterocycles. The summed E-state index contributed by atoms with van der Waals surface area (Å²) in [7, 11) is 0. The summed E-state index contributed by atoms with van der Waals surface area (Å²) in [5.41, 5.74) is 2.61. The molecule has 0 saturated carbocycles. The fraction of sp³-hybridized carbons (Fsp3) is 0.389. The Hall–Kier alpha value is -1.67. The molecule has 0 bridgehead atoms. The Balaban J connectivity index is 2.08. The maximum atomic E-state index is 4.21. The van der Waals surface area contributed by atoms with Crippen molar-refractivity contribution in [3.63, 3.8) is 0 Å². The molecule has 0 aliphatic carbocycles. The third kappa shape index (κ3) is 4.17. The van der Waals surface area contributed by atoms with Crippen LogP contribution in [-0.4, -0.2) is 4.98 Å². The smallest absolute Gasteiger partial charge is 0.0325 e. The molecular weight excluding hydrogens is 244 g/mol. The summed E-state index contributed by atoms with van der Waals surface area (Å²) in [6.45, 7) is 4.45. The van der Waals surface area contributed by atoms with Crippen LogP contribution in [-0.2, 0) is 0 Å². The van der Waals surface area contributed by atoms with Crippen LogP contribution < -0.4 is 5.32 Å². The number of benzene rings is 1. The number of unbranched alkanes of at least 4 members (excludes halogenated alkanes) is 1. The van der Waals surface area contributed by atoms with Crippen molar-refractivity contribution in [3.8, 4) is 0 Å². The van der Waals surface area contributed by atoms with E-state index in [-0.39, 0.29) is 0 Å². The molecule has 2 nitrogen and oxygen atoms in total. The van der Waals surface area contributed by atoms with E-state index in [0.29, 0.717) is 12.1 Å². The number of aromatic nitrogens is 1. The molecule has 0 radical (unpaired) electrons. The number of rotatable bonds is 7. The van der Waals surface area contributed by atoms with E-state index in [2.05, 4.69) is 60.5 Å². The Morgan fingerprint density at radius 3 is 2.45 bits per heavy atom. The summed E-state index contributed by atoms with van der Waals surface area (Å²) < 4.78 is 0. The molecule has 1 aromatic carbocycles. The first-order valence-electron chi connectivity index (χ1n) is 7.52. The van der Waals surface area contributed by atoms with Gasteiger partial charge in [0.1, 0.15) is 0 Å². The summed E-state index contributed by atoms with van der Waals surface area (Å²) >= 11 is 0. The van der Waals surface area contributed by atoms with E-state index in [9.17, 15) is 0 Å². The molecule has 20 heavy (non-hydrogen) atoms. The van der Waals surface area contributed by atoms with E-state index >= 15 is 0 Å². The van der Waals surface area contributed by atoms with E-state index < -0.39 is 0 Å². The SMILES string of the molecule is CCCCC(N[C@H](C)c1cccnc1)c1ccccc1. The van der Waals surface area contributed by atoms with Crippen molar-refractivity contribution in [2.24, 2.45) is 0 Å². The van der Waals surface area contributed by atoms with Gasteiger partial charge in [0.05, 0.1) is 0 Å². The van der Waals surface area contributed by atoms with Crippen molar-refractivity contribution < 1.29 is 0 Å². The van der Waals surface area contributed by atoms with Crippen LogP contribution in [0.15, 0.2) is 54.9 Å². The molecule has 2 rings (SSSR count). The van der Waals surface area contributed by atoms with Gasteiger partial charge in [-0.3, -0.25) is 4.98 Å². The van der Waals surface area contributed by atoms with Crippen molar-refractivity contribution in [2.75, 3.05) is 0 Å². The normalized spacial score (nSPS) is 13.9. The molecule has 1 unspecified atom stereocenters. The quantitative estimate of drug-likeness (QED) is 0.789. The number of hydrogen-bond donors (Lipinski definition) is 1. The first-order valence-corrected chi connectivity index (χ1v) is 7.52. The first-order chi connectivity index (χ1) is 9.81. The third-order valence-electron chi connectivity index (χ3n) is 3.68. The van der Waals surface area contributed by atoms with Gasteiger partial charge >= 0.3 is 0 Å². The van der Waals surface area contributed by atoms with E-state index in [1.807, 2.05) is 18.5 Å². The molecule has 2 atom stereocenters. The van der Waals surface area contributed by atoms with Crippen LogP contribution in [0.5, 0.6) is 0 Å². The van der Waals surface area contributed by atoms with E-state index in [0.717, 1.165) is 0 Å². The van der Waals surface area contributed by atoms with Crippen molar-refractivity contribution >= 4 is 0 Å². The van der Waals surface area contributed by atoms with Gasteiger partial charge in [-0.2, -0.15) is 0 Å². The second kappa shape index (κ2) is 7.81. The maximum Gasteiger partial charge on any atom is 0.0325 e. The van der Waals surface area contributed by atoms with Gasteiger partial charge in [-0.05, 0) is 30.5 Å². The zero-order valence-corrected chi connectivity index (χ0v) is 12.4. The van der Waals surface area contributed by atoms with Gasteiger partial charge in [-0.25, -0.2) is 0 Å². The van der Waals surface area contributed by atoms with Crippen molar-refractivity contribution in [2.45, 2.75) is 45.2 Å². The largest absolute Gasteiger partial charge is 0.303 e. The Morgan fingerprint density at radius 1 is 1.05 bits per heavy atom. The van der Waals surface area contributed by atoms with Crippen LogP contribution in [0.1, 0.15) is 56.3 Å². The van der Waals surface area contributed by atoms with Gasteiger partial charge in [0.25, 0.3) is 0 Å². The Bertz CT molecular complexity index is 481. The van der Waals surface area contributed by atoms with Crippen LogP contribution >= 0.6 is 0 Å². The highest BCUT2D eigenvalue weighted by molar-refractivity contribution is 5.20.